The highest BCUT2D eigenvalue weighted by Crippen LogP contribution is 2.35. The fourth-order valence-corrected chi connectivity index (χ4v) is 3.75. The smallest absolute Gasteiger partial charge is 0.303 e. The van der Waals surface area contributed by atoms with E-state index in [2.05, 4.69) is 15.6 Å². The molecule has 0 aromatic heterocycles. The lowest BCUT2D eigenvalue weighted by Crippen LogP contribution is -2.48. The first kappa shape index (κ1) is 22.2. The number of benzene rings is 2. The fraction of sp³-hybridized carbons (Fsp3) is 0.261. The lowest BCUT2D eigenvalue weighted by Gasteiger charge is -2.24. The van der Waals surface area contributed by atoms with Crippen LogP contribution in [0.2, 0.25) is 0 Å². The number of aliphatic carboxylic acids is 1. The Kier molecular flexibility index (Phi) is 5.93. The number of anilines is 1. The summed E-state index contributed by atoms with van der Waals surface area (Å²) in [5.74, 6) is -1.60. The van der Waals surface area contributed by atoms with Crippen molar-refractivity contribution in [3.63, 3.8) is 0 Å². The minimum atomic E-state index is -1.05. The number of carboxylic acids is 1. The number of aliphatic imine (C=N–C) groups is 1. The number of carbonyl (C=O) groups is 4. The van der Waals surface area contributed by atoms with Gasteiger partial charge in [0.2, 0.25) is 11.8 Å². The summed E-state index contributed by atoms with van der Waals surface area (Å²) in [5, 5.41) is 13.9. The molecule has 0 bridgehead atoms. The number of amides is 3. The molecule has 2 aromatic carbocycles. The average Bonchev–Trinajstić information content (AvgIpc) is 3.07. The molecule has 2 aromatic rings. The molecule has 0 spiro atoms. The molecule has 33 heavy (non-hydrogen) atoms. The third-order valence-corrected chi connectivity index (χ3v) is 5.56. The predicted molar refractivity (Wildman–Crippen MR) is 120 cm³/mol. The van der Waals surface area contributed by atoms with Crippen LogP contribution in [0.5, 0.6) is 0 Å². The van der Waals surface area contributed by atoms with Crippen LogP contribution < -0.4 is 16.4 Å². The van der Waals surface area contributed by atoms with Crippen molar-refractivity contribution in [3.05, 3.63) is 59.2 Å². The van der Waals surface area contributed by atoms with Gasteiger partial charge >= 0.3 is 5.97 Å². The van der Waals surface area contributed by atoms with Crippen molar-refractivity contribution in [1.29, 1.82) is 0 Å². The predicted octanol–water partition coefficient (Wildman–Crippen LogP) is 1.37. The number of rotatable bonds is 7. The Balaban J connectivity index is 1.42. The maximum atomic E-state index is 12.7. The molecule has 2 atom stereocenters. The van der Waals surface area contributed by atoms with Gasteiger partial charge in [0.25, 0.3) is 5.91 Å². The zero-order valence-electron chi connectivity index (χ0n) is 17.9. The third kappa shape index (κ3) is 4.46. The van der Waals surface area contributed by atoms with E-state index in [1.165, 1.54) is 6.92 Å². The number of nitrogens with one attached hydrogen (secondary N) is 2. The van der Waals surface area contributed by atoms with Gasteiger partial charge in [0.05, 0.1) is 23.8 Å². The fourth-order valence-electron chi connectivity index (χ4n) is 3.75. The summed E-state index contributed by atoms with van der Waals surface area (Å²) >= 11 is 0. The summed E-state index contributed by atoms with van der Waals surface area (Å²) in [6, 6.07) is 10.6. The summed E-state index contributed by atoms with van der Waals surface area (Å²) in [4.78, 5) is 54.2. The van der Waals surface area contributed by atoms with Gasteiger partial charge in [-0.3, -0.25) is 24.1 Å². The van der Waals surface area contributed by atoms with Crippen LogP contribution in [0.3, 0.4) is 0 Å². The highest BCUT2D eigenvalue weighted by molar-refractivity contribution is 6.24. The number of nitrogens with two attached hydrogens (primary N) is 1. The zero-order chi connectivity index (χ0) is 23.7. The van der Waals surface area contributed by atoms with Crippen LogP contribution in [-0.2, 0) is 20.9 Å². The number of hydrogen-bond acceptors (Lipinski definition) is 6. The number of fused-ring (bicyclic) bond motifs is 4. The second-order valence-electron chi connectivity index (χ2n) is 7.97. The summed E-state index contributed by atoms with van der Waals surface area (Å²) < 4.78 is 0. The molecule has 0 fully saturated rings. The van der Waals surface area contributed by atoms with Crippen LogP contribution in [0.1, 0.15) is 41.3 Å². The molecule has 0 aliphatic carbocycles. The molecule has 3 amide bonds. The molecular formula is C23H23N5O5. The number of amidine groups is 1. The summed E-state index contributed by atoms with van der Waals surface area (Å²) in [6.07, 6.45) is -0.263. The second-order valence-corrected chi connectivity index (χ2v) is 7.97. The Labute approximate surface area is 189 Å². The molecule has 4 rings (SSSR count). The van der Waals surface area contributed by atoms with E-state index in [9.17, 15) is 19.2 Å². The van der Waals surface area contributed by atoms with Crippen molar-refractivity contribution >= 4 is 40.9 Å². The second kappa shape index (κ2) is 8.83. The Morgan fingerprint density at radius 2 is 1.88 bits per heavy atom. The quantitative estimate of drug-likeness (QED) is 0.501. The molecule has 0 unspecified atom stereocenters. The van der Waals surface area contributed by atoms with Crippen molar-refractivity contribution < 1.29 is 24.3 Å². The largest absolute Gasteiger partial charge is 0.481 e. The zero-order valence-corrected chi connectivity index (χ0v) is 17.9. The van der Waals surface area contributed by atoms with E-state index in [-0.39, 0.29) is 18.7 Å². The van der Waals surface area contributed by atoms with Crippen LogP contribution in [0.25, 0.3) is 0 Å². The Hall–Kier alpha value is -4.05. The molecule has 10 nitrogen and oxygen atoms in total. The van der Waals surface area contributed by atoms with Gasteiger partial charge in [-0.25, -0.2) is 4.99 Å². The highest BCUT2D eigenvalue weighted by atomic mass is 16.4. The van der Waals surface area contributed by atoms with E-state index in [4.69, 9.17) is 10.8 Å². The Bertz CT molecular complexity index is 1190. The minimum absolute atomic E-state index is 0.0259. The standard InChI is InChI=1S/C23H23N5O5/c1-12(25-22(32)17(24)7-9-19(29)30)21(31)26-14-6-8-18-13(10-14)11-28-20(27-18)15-4-2-3-5-16(15)23(28)33/h2-6,8,10,12,17H,7,9,11,24H2,1H3,(H,25,32)(H,26,31)(H,29,30)/t12-,17+/m1/s1. The molecule has 170 valence electrons. The van der Waals surface area contributed by atoms with Crippen LogP contribution in [0.4, 0.5) is 11.4 Å². The summed E-state index contributed by atoms with van der Waals surface area (Å²) in [7, 11) is 0. The molecule has 10 heteroatoms. The lowest BCUT2D eigenvalue weighted by molar-refractivity contribution is -0.137. The first-order valence-electron chi connectivity index (χ1n) is 10.5. The first-order chi connectivity index (χ1) is 15.7. The maximum Gasteiger partial charge on any atom is 0.303 e. The molecule has 5 N–H and O–H groups in total. The van der Waals surface area contributed by atoms with Gasteiger partial charge in [0, 0.05) is 17.7 Å². The molecule has 0 saturated carbocycles. The lowest BCUT2D eigenvalue weighted by atomic mass is 10.1. The van der Waals surface area contributed by atoms with Crippen LogP contribution in [-0.4, -0.2) is 51.6 Å². The number of nitrogens with zero attached hydrogens (tertiary/aromatic N) is 2. The van der Waals surface area contributed by atoms with Gasteiger partial charge in [0.1, 0.15) is 11.9 Å². The van der Waals surface area contributed by atoms with Crippen molar-refractivity contribution in [2.24, 2.45) is 10.7 Å². The summed E-state index contributed by atoms with van der Waals surface area (Å²) in [6.45, 7) is 1.84. The van der Waals surface area contributed by atoms with Crippen molar-refractivity contribution in [2.75, 3.05) is 5.32 Å². The first-order valence-corrected chi connectivity index (χ1v) is 10.5. The molecule has 2 aliphatic rings. The molecule has 0 saturated heterocycles. The topological polar surface area (TPSA) is 154 Å². The van der Waals surface area contributed by atoms with E-state index in [0.29, 0.717) is 23.6 Å². The van der Waals surface area contributed by atoms with Crippen molar-refractivity contribution in [2.45, 2.75) is 38.4 Å². The van der Waals surface area contributed by atoms with Gasteiger partial charge in [-0.05, 0) is 43.2 Å². The Morgan fingerprint density at radius 1 is 1.15 bits per heavy atom. The molecule has 2 heterocycles. The van der Waals surface area contributed by atoms with Gasteiger partial charge in [0.15, 0.2) is 0 Å². The van der Waals surface area contributed by atoms with E-state index >= 15 is 0 Å². The van der Waals surface area contributed by atoms with Gasteiger partial charge in [-0.15, -0.1) is 0 Å². The average molecular weight is 449 g/mol. The van der Waals surface area contributed by atoms with Crippen LogP contribution in [0.15, 0.2) is 47.5 Å². The van der Waals surface area contributed by atoms with Crippen molar-refractivity contribution in [3.8, 4) is 0 Å². The normalized spacial score (nSPS) is 15.5. The third-order valence-electron chi connectivity index (χ3n) is 5.56. The van der Waals surface area contributed by atoms with Gasteiger partial charge in [-0.1, -0.05) is 18.2 Å². The Morgan fingerprint density at radius 3 is 2.61 bits per heavy atom. The maximum absolute atomic E-state index is 12.7. The number of carboxylic acid groups (broad SMARTS) is 1. The van der Waals surface area contributed by atoms with E-state index in [0.717, 1.165) is 16.8 Å². The minimum Gasteiger partial charge on any atom is -0.481 e. The van der Waals surface area contributed by atoms with Gasteiger partial charge in [-0.2, -0.15) is 0 Å². The summed E-state index contributed by atoms with van der Waals surface area (Å²) in [5.41, 5.74) is 9.09. The highest BCUT2D eigenvalue weighted by Gasteiger charge is 2.36. The monoisotopic (exact) mass is 449 g/mol. The van der Waals surface area contributed by atoms with E-state index in [1.807, 2.05) is 18.2 Å². The van der Waals surface area contributed by atoms with Crippen LogP contribution >= 0.6 is 0 Å². The number of carbonyl (C=O) groups excluding carboxylic acids is 3. The van der Waals surface area contributed by atoms with E-state index in [1.54, 1.807) is 29.2 Å². The SMILES string of the molecule is C[C@@H](NC(=O)[C@@H](N)CCC(=O)O)C(=O)Nc1ccc2c(c1)CN1C(=O)c3ccccc3C1=N2. The molecular weight excluding hydrogens is 426 g/mol. The molecule has 0 radical (unpaired) electrons. The van der Waals surface area contributed by atoms with Gasteiger partial charge < -0.3 is 21.5 Å². The molecule has 2 aliphatic heterocycles. The van der Waals surface area contributed by atoms with Crippen LogP contribution in [0, 0.1) is 0 Å². The number of hydrogen-bond donors (Lipinski definition) is 4. The van der Waals surface area contributed by atoms with Crippen molar-refractivity contribution in [1.82, 2.24) is 10.2 Å². The van der Waals surface area contributed by atoms with E-state index < -0.39 is 29.9 Å².